The van der Waals surface area contributed by atoms with Crippen molar-refractivity contribution in [3.63, 3.8) is 0 Å². The summed E-state index contributed by atoms with van der Waals surface area (Å²) < 4.78 is 20.1. The number of hydrogen-bond donors (Lipinski definition) is 1. The molecular formula is C21H23BrFNO2S. The summed E-state index contributed by atoms with van der Waals surface area (Å²) in [6.45, 7) is 1.74. The highest BCUT2D eigenvalue weighted by Gasteiger charge is 2.41. The zero-order chi connectivity index (χ0) is 19.1. The van der Waals surface area contributed by atoms with Crippen molar-refractivity contribution in [3.05, 3.63) is 69.9 Å². The number of ether oxygens (including phenoxy) is 1. The Bertz CT molecular complexity index is 763. The van der Waals surface area contributed by atoms with Crippen LogP contribution in [0.1, 0.15) is 24.0 Å². The predicted molar refractivity (Wildman–Crippen MR) is 111 cm³/mol. The summed E-state index contributed by atoms with van der Waals surface area (Å²) in [7, 11) is 0. The number of halogens is 2. The molecule has 0 unspecified atom stereocenters. The van der Waals surface area contributed by atoms with Crippen LogP contribution < -0.4 is 5.32 Å². The summed E-state index contributed by atoms with van der Waals surface area (Å²) in [5.74, 6) is 1.23. The lowest BCUT2D eigenvalue weighted by Gasteiger charge is -2.36. The molecule has 1 aliphatic heterocycles. The number of benzene rings is 2. The summed E-state index contributed by atoms with van der Waals surface area (Å²) in [4.78, 5) is 13.0. The van der Waals surface area contributed by atoms with Crippen LogP contribution in [0, 0.1) is 5.82 Å². The van der Waals surface area contributed by atoms with Crippen molar-refractivity contribution < 1.29 is 13.9 Å². The van der Waals surface area contributed by atoms with Gasteiger partial charge in [-0.25, -0.2) is 4.39 Å². The summed E-state index contributed by atoms with van der Waals surface area (Å²) in [5, 5.41) is 3.09. The highest BCUT2D eigenvalue weighted by molar-refractivity contribution is 9.10. The van der Waals surface area contributed by atoms with Crippen molar-refractivity contribution in [3.8, 4) is 0 Å². The average molecular weight is 452 g/mol. The quantitative estimate of drug-likeness (QED) is 0.620. The minimum absolute atomic E-state index is 0.0552. The first-order chi connectivity index (χ1) is 13.1. The molecule has 0 bridgehead atoms. The Morgan fingerprint density at radius 3 is 2.56 bits per heavy atom. The molecular weight excluding hydrogens is 429 g/mol. The molecule has 0 aromatic heterocycles. The Morgan fingerprint density at radius 2 is 1.85 bits per heavy atom. The van der Waals surface area contributed by atoms with E-state index in [9.17, 15) is 9.18 Å². The number of nitrogens with one attached hydrogen (secondary N) is 1. The van der Waals surface area contributed by atoms with E-state index < -0.39 is 5.41 Å². The lowest BCUT2D eigenvalue weighted by atomic mass is 9.73. The molecule has 1 saturated heterocycles. The van der Waals surface area contributed by atoms with Gasteiger partial charge in [0, 0.05) is 35.7 Å². The second-order valence-electron chi connectivity index (χ2n) is 6.60. The first-order valence-corrected chi connectivity index (χ1v) is 11.0. The van der Waals surface area contributed by atoms with Crippen molar-refractivity contribution in [1.29, 1.82) is 0 Å². The van der Waals surface area contributed by atoms with Crippen molar-refractivity contribution in [2.24, 2.45) is 0 Å². The third-order valence-corrected chi connectivity index (χ3v) is 6.46. The van der Waals surface area contributed by atoms with Gasteiger partial charge in [0.05, 0.1) is 5.41 Å². The maximum absolute atomic E-state index is 13.6. The summed E-state index contributed by atoms with van der Waals surface area (Å²) in [6.07, 6.45) is 1.37. The van der Waals surface area contributed by atoms with E-state index in [4.69, 9.17) is 4.74 Å². The molecule has 0 saturated carbocycles. The Balaban J connectivity index is 1.55. The Morgan fingerprint density at radius 1 is 1.15 bits per heavy atom. The standard InChI is InChI=1S/C21H23BrFNO2S/c22-18-7-5-17(6-8-18)21(9-12-26-13-10-21)20(25)24-11-14-27-15-16-3-1-2-4-19(16)23/h1-8H,9-15H2,(H,24,25). The average Bonchev–Trinajstić information content (AvgIpc) is 2.70. The van der Waals surface area contributed by atoms with E-state index in [1.54, 1.807) is 23.9 Å². The topological polar surface area (TPSA) is 38.3 Å². The first-order valence-electron chi connectivity index (χ1n) is 9.05. The van der Waals surface area contributed by atoms with Gasteiger partial charge in [0.2, 0.25) is 5.91 Å². The fourth-order valence-corrected chi connectivity index (χ4v) is 4.45. The molecule has 0 atom stereocenters. The predicted octanol–water partition coefficient (Wildman–Crippen LogP) is 4.69. The lowest BCUT2D eigenvalue weighted by molar-refractivity contribution is -0.130. The molecule has 27 heavy (non-hydrogen) atoms. The van der Waals surface area contributed by atoms with Gasteiger partial charge in [0.1, 0.15) is 5.82 Å². The molecule has 1 amide bonds. The highest BCUT2D eigenvalue weighted by atomic mass is 79.9. The number of carbonyl (C=O) groups excluding carboxylic acids is 1. The van der Waals surface area contributed by atoms with Crippen molar-refractivity contribution in [2.45, 2.75) is 24.0 Å². The molecule has 3 rings (SSSR count). The fraction of sp³-hybridized carbons (Fsp3) is 0.381. The molecule has 3 nitrogen and oxygen atoms in total. The zero-order valence-electron chi connectivity index (χ0n) is 15.0. The van der Waals surface area contributed by atoms with Crippen LogP contribution in [0.4, 0.5) is 4.39 Å². The largest absolute Gasteiger partial charge is 0.381 e. The van der Waals surface area contributed by atoms with Crippen molar-refractivity contribution >= 4 is 33.6 Å². The van der Waals surface area contributed by atoms with E-state index in [0.29, 0.717) is 43.9 Å². The molecule has 1 aliphatic rings. The van der Waals surface area contributed by atoms with E-state index in [2.05, 4.69) is 21.2 Å². The molecule has 144 valence electrons. The van der Waals surface area contributed by atoms with Crippen LogP contribution in [0.5, 0.6) is 0 Å². The van der Waals surface area contributed by atoms with Crippen LogP contribution in [0.15, 0.2) is 53.0 Å². The Labute approximate surface area is 172 Å². The molecule has 2 aromatic carbocycles. The molecule has 1 N–H and O–H groups in total. The second kappa shape index (κ2) is 9.71. The van der Waals surface area contributed by atoms with E-state index in [0.717, 1.165) is 15.8 Å². The number of carbonyl (C=O) groups is 1. The van der Waals surface area contributed by atoms with Gasteiger partial charge < -0.3 is 10.1 Å². The van der Waals surface area contributed by atoms with Gasteiger partial charge in [-0.2, -0.15) is 11.8 Å². The van der Waals surface area contributed by atoms with E-state index in [1.165, 1.54) is 6.07 Å². The van der Waals surface area contributed by atoms with Crippen LogP contribution in [-0.4, -0.2) is 31.4 Å². The SMILES string of the molecule is O=C(NCCSCc1ccccc1F)C1(c2ccc(Br)cc2)CCOCC1. The molecule has 6 heteroatoms. The summed E-state index contributed by atoms with van der Waals surface area (Å²) >= 11 is 5.07. The first kappa shape index (κ1) is 20.4. The van der Waals surface area contributed by atoms with Crippen molar-refractivity contribution in [1.82, 2.24) is 5.32 Å². The van der Waals surface area contributed by atoms with Crippen LogP contribution in [0.3, 0.4) is 0 Å². The van der Waals surface area contributed by atoms with E-state index >= 15 is 0 Å². The molecule has 0 radical (unpaired) electrons. The Hall–Kier alpha value is -1.37. The number of thioether (sulfide) groups is 1. The van der Waals surface area contributed by atoms with Crippen LogP contribution in [-0.2, 0) is 20.7 Å². The maximum atomic E-state index is 13.6. The minimum atomic E-state index is -0.533. The molecule has 0 aliphatic carbocycles. The Kier molecular flexibility index (Phi) is 7.33. The molecule has 1 fully saturated rings. The van der Waals surface area contributed by atoms with Gasteiger partial charge in [-0.05, 0) is 42.2 Å². The number of hydrogen-bond acceptors (Lipinski definition) is 3. The van der Waals surface area contributed by atoms with Gasteiger partial charge in [-0.15, -0.1) is 0 Å². The number of rotatable bonds is 7. The summed E-state index contributed by atoms with van der Waals surface area (Å²) in [5.41, 5.74) is 1.20. The van der Waals surface area contributed by atoms with Gasteiger partial charge in [-0.1, -0.05) is 46.3 Å². The van der Waals surface area contributed by atoms with E-state index in [1.807, 2.05) is 30.3 Å². The third kappa shape index (κ3) is 5.12. The second-order valence-corrected chi connectivity index (χ2v) is 8.62. The van der Waals surface area contributed by atoms with Gasteiger partial charge in [-0.3, -0.25) is 4.79 Å². The summed E-state index contributed by atoms with van der Waals surface area (Å²) in [6, 6.07) is 14.8. The maximum Gasteiger partial charge on any atom is 0.230 e. The van der Waals surface area contributed by atoms with Gasteiger partial charge in [0.15, 0.2) is 0 Å². The zero-order valence-corrected chi connectivity index (χ0v) is 17.5. The number of amides is 1. The molecule has 2 aromatic rings. The third-order valence-electron chi connectivity index (χ3n) is 4.93. The normalized spacial score (nSPS) is 16.1. The van der Waals surface area contributed by atoms with Crippen LogP contribution in [0.25, 0.3) is 0 Å². The molecule has 1 heterocycles. The van der Waals surface area contributed by atoms with Crippen LogP contribution in [0.2, 0.25) is 0 Å². The smallest absolute Gasteiger partial charge is 0.230 e. The highest BCUT2D eigenvalue weighted by Crippen LogP contribution is 2.35. The monoisotopic (exact) mass is 451 g/mol. The van der Waals surface area contributed by atoms with Crippen LogP contribution >= 0.6 is 27.7 Å². The van der Waals surface area contributed by atoms with E-state index in [-0.39, 0.29) is 11.7 Å². The van der Waals surface area contributed by atoms with Gasteiger partial charge >= 0.3 is 0 Å². The lowest BCUT2D eigenvalue weighted by Crippen LogP contribution is -2.48. The molecule has 0 spiro atoms. The van der Waals surface area contributed by atoms with Crippen molar-refractivity contribution in [2.75, 3.05) is 25.5 Å². The fourth-order valence-electron chi connectivity index (χ4n) is 3.34. The minimum Gasteiger partial charge on any atom is -0.381 e. The van der Waals surface area contributed by atoms with Gasteiger partial charge in [0.25, 0.3) is 0 Å².